The Morgan fingerprint density at radius 3 is 2.58 bits per heavy atom. The third kappa shape index (κ3) is 4.08. The Labute approximate surface area is 120 Å². The van der Waals surface area contributed by atoms with E-state index in [9.17, 15) is 9.59 Å². The number of halogens is 1. The zero-order valence-corrected chi connectivity index (χ0v) is 12.2. The van der Waals surface area contributed by atoms with E-state index in [4.69, 9.17) is 5.73 Å². The molecule has 2 amide bonds. The van der Waals surface area contributed by atoms with E-state index in [0.717, 1.165) is 12.8 Å². The van der Waals surface area contributed by atoms with E-state index in [2.05, 4.69) is 5.32 Å². The molecular formula is C13H24ClN3O2. The van der Waals surface area contributed by atoms with Gasteiger partial charge in [0.25, 0.3) is 0 Å². The predicted octanol–water partition coefficient (Wildman–Crippen LogP) is 0.805. The Bertz CT molecular complexity index is 330. The molecule has 0 aromatic heterocycles. The summed E-state index contributed by atoms with van der Waals surface area (Å²) < 4.78 is 0. The zero-order valence-electron chi connectivity index (χ0n) is 11.4. The van der Waals surface area contributed by atoms with E-state index in [1.807, 2.05) is 4.90 Å². The normalized spacial score (nSPS) is 25.9. The summed E-state index contributed by atoms with van der Waals surface area (Å²) in [5.41, 5.74) is 5.52. The van der Waals surface area contributed by atoms with E-state index < -0.39 is 6.04 Å². The molecule has 1 aliphatic heterocycles. The second-order valence-electron chi connectivity index (χ2n) is 5.54. The molecule has 1 saturated carbocycles. The quantitative estimate of drug-likeness (QED) is 0.807. The van der Waals surface area contributed by atoms with Gasteiger partial charge in [-0.2, -0.15) is 0 Å². The minimum absolute atomic E-state index is 0. The molecule has 2 fully saturated rings. The van der Waals surface area contributed by atoms with Crippen LogP contribution in [-0.4, -0.2) is 41.4 Å². The smallest absolute Gasteiger partial charge is 0.236 e. The predicted molar refractivity (Wildman–Crippen MR) is 76.0 cm³/mol. The third-order valence-electron chi connectivity index (χ3n) is 3.93. The molecule has 6 heteroatoms. The molecule has 2 atom stereocenters. The molecule has 1 heterocycles. The first-order valence-electron chi connectivity index (χ1n) is 6.93. The largest absolute Gasteiger partial charge is 0.350 e. The van der Waals surface area contributed by atoms with Crippen molar-refractivity contribution >= 4 is 24.2 Å². The van der Waals surface area contributed by atoms with Crippen molar-refractivity contribution in [2.75, 3.05) is 6.54 Å². The lowest BCUT2D eigenvalue weighted by molar-refractivity contribution is -0.130. The number of hydrogen-bond acceptors (Lipinski definition) is 3. The van der Waals surface area contributed by atoms with Crippen molar-refractivity contribution in [3.63, 3.8) is 0 Å². The van der Waals surface area contributed by atoms with E-state index >= 15 is 0 Å². The Morgan fingerprint density at radius 1 is 1.37 bits per heavy atom. The van der Waals surface area contributed by atoms with Gasteiger partial charge in [-0.05, 0) is 19.8 Å². The number of carbonyl (C=O) groups is 2. The highest BCUT2D eigenvalue weighted by molar-refractivity contribution is 5.85. The van der Waals surface area contributed by atoms with Gasteiger partial charge in [-0.25, -0.2) is 0 Å². The highest BCUT2D eigenvalue weighted by atomic mass is 35.5. The lowest BCUT2D eigenvalue weighted by Gasteiger charge is -2.31. The number of nitrogens with zero attached hydrogens (tertiary/aromatic N) is 1. The number of amides is 2. The van der Waals surface area contributed by atoms with Crippen molar-refractivity contribution in [3.8, 4) is 0 Å². The van der Waals surface area contributed by atoms with Gasteiger partial charge >= 0.3 is 0 Å². The molecular weight excluding hydrogens is 266 g/mol. The summed E-state index contributed by atoms with van der Waals surface area (Å²) >= 11 is 0. The highest BCUT2D eigenvalue weighted by Crippen LogP contribution is 2.26. The topological polar surface area (TPSA) is 75.4 Å². The molecule has 110 valence electrons. The van der Waals surface area contributed by atoms with Gasteiger partial charge < -0.3 is 16.0 Å². The van der Waals surface area contributed by atoms with Crippen LogP contribution in [0.3, 0.4) is 0 Å². The van der Waals surface area contributed by atoms with Crippen LogP contribution < -0.4 is 11.1 Å². The fourth-order valence-electron chi connectivity index (χ4n) is 2.91. The van der Waals surface area contributed by atoms with Gasteiger partial charge in [0.15, 0.2) is 0 Å². The van der Waals surface area contributed by atoms with Gasteiger partial charge in [0, 0.05) is 19.0 Å². The molecule has 2 rings (SSSR count). The molecule has 1 unspecified atom stereocenters. The summed E-state index contributed by atoms with van der Waals surface area (Å²) in [6.45, 7) is 2.31. The van der Waals surface area contributed by atoms with Gasteiger partial charge in [-0.1, -0.05) is 19.3 Å². The van der Waals surface area contributed by atoms with Crippen LogP contribution in [0.2, 0.25) is 0 Å². The Kier molecular flexibility index (Phi) is 6.07. The fourth-order valence-corrected chi connectivity index (χ4v) is 2.91. The zero-order chi connectivity index (χ0) is 13.1. The van der Waals surface area contributed by atoms with Crippen molar-refractivity contribution in [1.29, 1.82) is 0 Å². The first-order valence-corrected chi connectivity index (χ1v) is 6.93. The Morgan fingerprint density at radius 2 is 2.00 bits per heavy atom. The standard InChI is InChI=1S/C13H23N3O2.ClH/c1-9(14)13(18)15-10-7-12(17)16(8-10)11-5-3-2-4-6-11;/h9-11H,2-8,14H2,1H3,(H,15,18);1H/t9-,10?;/m1./s1. The number of rotatable bonds is 3. The van der Waals surface area contributed by atoms with E-state index in [-0.39, 0.29) is 30.3 Å². The molecule has 0 aromatic rings. The van der Waals surface area contributed by atoms with Crippen LogP contribution in [0.15, 0.2) is 0 Å². The van der Waals surface area contributed by atoms with Crippen LogP contribution in [0.1, 0.15) is 45.4 Å². The van der Waals surface area contributed by atoms with Gasteiger partial charge in [0.2, 0.25) is 11.8 Å². The Hall–Kier alpha value is -0.810. The highest BCUT2D eigenvalue weighted by Gasteiger charge is 2.35. The molecule has 0 radical (unpaired) electrons. The lowest BCUT2D eigenvalue weighted by atomic mass is 9.94. The first-order chi connectivity index (χ1) is 8.58. The second-order valence-corrected chi connectivity index (χ2v) is 5.54. The minimum Gasteiger partial charge on any atom is -0.350 e. The van der Waals surface area contributed by atoms with E-state index in [0.29, 0.717) is 19.0 Å². The van der Waals surface area contributed by atoms with Gasteiger partial charge in [0.05, 0.1) is 12.1 Å². The third-order valence-corrected chi connectivity index (χ3v) is 3.93. The van der Waals surface area contributed by atoms with E-state index in [1.165, 1.54) is 19.3 Å². The number of nitrogens with two attached hydrogens (primary N) is 1. The van der Waals surface area contributed by atoms with Crippen LogP contribution in [-0.2, 0) is 9.59 Å². The molecule has 0 aromatic carbocycles. The van der Waals surface area contributed by atoms with Gasteiger partial charge in [-0.3, -0.25) is 9.59 Å². The van der Waals surface area contributed by atoms with Crippen molar-refractivity contribution in [2.24, 2.45) is 5.73 Å². The summed E-state index contributed by atoms with van der Waals surface area (Å²) in [6.07, 6.45) is 6.36. The number of likely N-dealkylation sites (tertiary alicyclic amines) is 1. The minimum atomic E-state index is -0.510. The summed E-state index contributed by atoms with van der Waals surface area (Å²) in [6, 6.07) is -0.176. The van der Waals surface area contributed by atoms with Crippen molar-refractivity contribution < 1.29 is 9.59 Å². The number of hydrogen-bond donors (Lipinski definition) is 2. The lowest BCUT2D eigenvalue weighted by Crippen LogP contribution is -2.46. The summed E-state index contributed by atoms with van der Waals surface area (Å²) in [5.74, 6) is 0.00942. The SMILES string of the molecule is C[C@@H](N)C(=O)NC1CC(=O)N(C2CCCCC2)C1.Cl. The van der Waals surface area contributed by atoms with Crippen LogP contribution in [0.4, 0.5) is 0 Å². The van der Waals surface area contributed by atoms with E-state index in [1.54, 1.807) is 6.92 Å². The summed E-state index contributed by atoms with van der Waals surface area (Å²) in [4.78, 5) is 25.5. The van der Waals surface area contributed by atoms with Crippen LogP contribution in [0, 0.1) is 0 Å². The molecule has 2 aliphatic rings. The average molecular weight is 290 g/mol. The monoisotopic (exact) mass is 289 g/mol. The molecule has 5 nitrogen and oxygen atoms in total. The number of carbonyl (C=O) groups excluding carboxylic acids is 2. The molecule has 19 heavy (non-hydrogen) atoms. The van der Waals surface area contributed by atoms with Gasteiger partial charge in [-0.15, -0.1) is 12.4 Å². The van der Waals surface area contributed by atoms with Crippen LogP contribution in [0.25, 0.3) is 0 Å². The maximum atomic E-state index is 12.0. The van der Waals surface area contributed by atoms with Crippen LogP contribution >= 0.6 is 12.4 Å². The molecule has 0 bridgehead atoms. The van der Waals surface area contributed by atoms with Crippen molar-refractivity contribution in [2.45, 2.75) is 63.6 Å². The maximum Gasteiger partial charge on any atom is 0.236 e. The van der Waals surface area contributed by atoms with Crippen LogP contribution in [0.5, 0.6) is 0 Å². The second kappa shape index (κ2) is 7.10. The summed E-state index contributed by atoms with van der Waals surface area (Å²) in [5, 5.41) is 2.85. The molecule has 1 aliphatic carbocycles. The molecule has 0 spiro atoms. The maximum absolute atomic E-state index is 12.0. The Balaban J connectivity index is 0.00000180. The van der Waals surface area contributed by atoms with Crippen molar-refractivity contribution in [3.05, 3.63) is 0 Å². The van der Waals surface area contributed by atoms with Crippen molar-refractivity contribution in [1.82, 2.24) is 10.2 Å². The molecule has 1 saturated heterocycles. The fraction of sp³-hybridized carbons (Fsp3) is 0.846. The van der Waals surface area contributed by atoms with Gasteiger partial charge in [0.1, 0.15) is 0 Å². The molecule has 3 N–H and O–H groups in total. The summed E-state index contributed by atoms with van der Waals surface area (Å²) in [7, 11) is 0. The number of nitrogens with one attached hydrogen (secondary N) is 1. The average Bonchev–Trinajstić information content (AvgIpc) is 2.71. The first kappa shape index (κ1) is 16.2.